The molecule has 0 N–H and O–H groups in total. The monoisotopic (exact) mass is 395 g/mol. The summed E-state index contributed by atoms with van der Waals surface area (Å²) in [6.45, 7) is 3.88. The Hall–Kier alpha value is -2.52. The van der Waals surface area contributed by atoms with Crippen molar-refractivity contribution in [1.29, 1.82) is 0 Å². The van der Waals surface area contributed by atoms with E-state index < -0.39 is 4.92 Å². The van der Waals surface area contributed by atoms with Crippen LogP contribution in [0.1, 0.15) is 11.3 Å². The normalized spacial score (nSPS) is 15.1. The van der Waals surface area contributed by atoms with Crippen LogP contribution in [-0.2, 0) is 17.9 Å². The highest BCUT2D eigenvalue weighted by Crippen LogP contribution is 2.21. The van der Waals surface area contributed by atoms with Crippen molar-refractivity contribution in [2.75, 3.05) is 26.2 Å². The zero-order valence-corrected chi connectivity index (χ0v) is 15.5. The molecule has 1 fully saturated rings. The first-order valence-corrected chi connectivity index (χ1v) is 8.85. The molecule has 8 nitrogen and oxygen atoms in total. The summed E-state index contributed by atoms with van der Waals surface area (Å²) in [4.78, 5) is 26.6. The molecule has 1 aliphatic rings. The van der Waals surface area contributed by atoms with Crippen LogP contribution in [0.4, 0.5) is 10.2 Å². The Morgan fingerprint density at radius 2 is 2.04 bits per heavy atom. The van der Waals surface area contributed by atoms with Crippen molar-refractivity contribution in [1.82, 2.24) is 19.6 Å². The average Bonchev–Trinajstić information content (AvgIpc) is 2.99. The lowest BCUT2D eigenvalue weighted by Gasteiger charge is -2.34. The molecule has 0 spiro atoms. The Labute approximate surface area is 160 Å². The van der Waals surface area contributed by atoms with E-state index in [-0.39, 0.29) is 24.1 Å². The topological polar surface area (TPSA) is 84.5 Å². The molecule has 0 saturated carbocycles. The van der Waals surface area contributed by atoms with E-state index >= 15 is 0 Å². The van der Waals surface area contributed by atoms with Gasteiger partial charge in [-0.15, -0.1) is 4.68 Å². The fourth-order valence-corrected chi connectivity index (χ4v) is 3.31. The molecule has 10 heteroatoms. The van der Waals surface area contributed by atoms with Gasteiger partial charge in [0.15, 0.2) is 6.54 Å². The third kappa shape index (κ3) is 4.42. The highest BCUT2D eigenvalue weighted by Gasteiger charge is 2.26. The van der Waals surface area contributed by atoms with Gasteiger partial charge in [-0.05, 0) is 24.0 Å². The van der Waals surface area contributed by atoms with Gasteiger partial charge in [-0.3, -0.25) is 9.69 Å². The van der Waals surface area contributed by atoms with Crippen LogP contribution in [-0.4, -0.2) is 56.6 Å². The number of halogens is 2. The molecule has 144 valence electrons. The van der Waals surface area contributed by atoms with Gasteiger partial charge in [-0.1, -0.05) is 22.8 Å². The number of hydrogen-bond acceptors (Lipinski definition) is 5. The fraction of sp³-hybridized carbons (Fsp3) is 0.412. The van der Waals surface area contributed by atoms with E-state index in [1.165, 1.54) is 12.1 Å². The van der Waals surface area contributed by atoms with Crippen molar-refractivity contribution in [3.63, 3.8) is 0 Å². The number of benzene rings is 1. The number of carbonyl (C=O) groups excluding carboxylic acids is 1. The molecule has 0 radical (unpaired) electrons. The van der Waals surface area contributed by atoms with Gasteiger partial charge in [0, 0.05) is 43.3 Å². The second-order valence-electron chi connectivity index (χ2n) is 6.42. The van der Waals surface area contributed by atoms with Crippen LogP contribution >= 0.6 is 11.6 Å². The van der Waals surface area contributed by atoms with E-state index in [9.17, 15) is 19.3 Å². The molecule has 0 unspecified atom stereocenters. The van der Waals surface area contributed by atoms with Crippen LogP contribution in [0, 0.1) is 22.9 Å². The van der Waals surface area contributed by atoms with Crippen LogP contribution < -0.4 is 0 Å². The first kappa shape index (κ1) is 19.2. The van der Waals surface area contributed by atoms with E-state index in [0.29, 0.717) is 49.0 Å². The van der Waals surface area contributed by atoms with Crippen LogP contribution in [0.3, 0.4) is 0 Å². The van der Waals surface area contributed by atoms with E-state index in [2.05, 4.69) is 5.10 Å². The maximum atomic E-state index is 13.9. The van der Waals surface area contributed by atoms with E-state index in [1.54, 1.807) is 24.0 Å². The van der Waals surface area contributed by atoms with E-state index in [1.807, 2.05) is 4.90 Å². The zero-order valence-electron chi connectivity index (χ0n) is 14.8. The summed E-state index contributed by atoms with van der Waals surface area (Å²) in [5.74, 6) is -0.777. The quantitative estimate of drug-likeness (QED) is 0.572. The Morgan fingerprint density at radius 3 is 2.67 bits per heavy atom. The predicted molar refractivity (Wildman–Crippen MR) is 96.9 cm³/mol. The van der Waals surface area contributed by atoms with E-state index in [4.69, 9.17) is 11.6 Å². The lowest BCUT2D eigenvalue weighted by Crippen LogP contribution is -2.49. The third-order valence-corrected chi connectivity index (χ3v) is 4.88. The molecular formula is C17H19ClFN5O3. The highest BCUT2D eigenvalue weighted by molar-refractivity contribution is 6.31. The van der Waals surface area contributed by atoms with Gasteiger partial charge in [0.25, 0.3) is 5.91 Å². The SMILES string of the molecule is Cc1cc([N+](=O)[O-])n(CC(=O)N2CCN(Cc3c(F)cccc3Cl)CC2)n1. The first-order valence-electron chi connectivity index (χ1n) is 8.47. The van der Waals surface area contributed by atoms with Gasteiger partial charge in [-0.25, -0.2) is 4.39 Å². The second kappa shape index (κ2) is 8.01. The number of piperazine rings is 1. The number of rotatable bonds is 5. The number of carbonyl (C=O) groups is 1. The number of hydrogen-bond donors (Lipinski definition) is 0. The average molecular weight is 396 g/mol. The van der Waals surface area contributed by atoms with Crippen molar-refractivity contribution in [2.24, 2.45) is 0 Å². The molecule has 1 saturated heterocycles. The standard InChI is InChI=1S/C17H19ClFN5O3/c1-12-9-16(24(26)27)23(20-12)11-17(25)22-7-5-21(6-8-22)10-13-14(18)3-2-4-15(13)19/h2-4,9H,5-8,10-11H2,1H3. The minimum Gasteiger partial charge on any atom is -0.358 e. The third-order valence-electron chi connectivity index (χ3n) is 4.52. The summed E-state index contributed by atoms with van der Waals surface area (Å²) in [7, 11) is 0. The molecule has 1 amide bonds. The van der Waals surface area contributed by atoms with Gasteiger partial charge in [0.05, 0.1) is 11.8 Å². The summed E-state index contributed by atoms with van der Waals surface area (Å²) in [5, 5.41) is 15.4. The van der Waals surface area contributed by atoms with Crippen molar-refractivity contribution < 1.29 is 14.1 Å². The smallest absolute Gasteiger partial charge is 0.345 e. The lowest BCUT2D eigenvalue weighted by molar-refractivity contribution is -0.392. The molecule has 1 aliphatic heterocycles. The van der Waals surface area contributed by atoms with Gasteiger partial charge in [0.1, 0.15) is 5.82 Å². The summed E-state index contributed by atoms with van der Waals surface area (Å²) >= 11 is 6.06. The zero-order chi connectivity index (χ0) is 19.6. The number of aromatic nitrogens is 2. The van der Waals surface area contributed by atoms with Crippen molar-refractivity contribution >= 4 is 23.3 Å². The van der Waals surface area contributed by atoms with Gasteiger partial charge in [0.2, 0.25) is 0 Å². The molecule has 2 heterocycles. The van der Waals surface area contributed by atoms with Crippen molar-refractivity contribution in [2.45, 2.75) is 20.0 Å². The van der Waals surface area contributed by atoms with Crippen LogP contribution in [0.2, 0.25) is 5.02 Å². The summed E-state index contributed by atoms with van der Waals surface area (Å²) < 4.78 is 15.0. The molecule has 27 heavy (non-hydrogen) atoms. The fourth-order valence-electron chi connectivity index (χ4n) is 3.09. The highest BCUT2D eigenvalue weighted by atomic mass is 35.5. The molecule has 1 aromatic heterocycles. The number of aryl methyl sites for hydroxylation is 1. The Balaban J connectivity index is 1.58. The van der Waals surface area contributed by atoms with Crippen molar-refractivity contribution in [3.05, 3.63) is 56.5 Å². The van der Waals surface area contributed by atoms with Gasteiger partial charge in [-0.2, -0.15) is 0 Å². The first-order chi connectivity index (χ1) is 12.8. The van der Waals surface area contributed by atoms with Crippen molar-refractivity contribution in [3.8, 4) is 0 Å². The Bertz CT molecular complexity index is 844. The van der Waals surface area contributed by atoms with Crippen LogP contribution in [0.15, 0.2) is 24.3 Å². The maximum Gasteiger partial charge on any atom is 0.345 e. The van der Waals surface area contributed by atoms with E-state index in [0.717, 1.165) is 4.68 Å². The molecule has 0 bridgehead atoms. The van der Waals surface area contributed by atoms with Crippen LogP contribution in [0.25, 0.3) is 0 Å². The molecule has 1 aromatic carbocycles. The Kier molecular flexibility index (Phi) is 5.71. The maximum absolute atomic E-state index is 13.9. The lowest BCUT2D eigenvalue weighted by atomic mass is 10.2. The largest absolute Gasteiger partial charge is 0.358 e. The molecule has 0 aliphatic carbocycles. The molecular weight excluding hydrogens is 377 g/mol. The second-order valence-corrected chi connectivity index (χ2v) is 6.82. The summed E-state index contributed by atoms with van der Waals surface area (Å²) in [5.41, 5.74) is 0.933. The molecule has 0 atom stereocenters. The van der Waals surface area contributed by atoms with Gasteiger partial charge >= 0.3 is 5.82 Å². The summed E-state index contributed by atoms with van der Waals surface area (Å²) in [6.07, 6.45) is 0. The molecule has 2 aromatic rings. The minimum atomic E-state index is -0.552. The predicted octanol–water partition coefficient (Wildman–Crippen LogP) is 2.24. The molecule has 3 rings (SSSR count). The Morgan fingerprint density at radius 1 is 1.33 bits per heavy atom. The van der Waals surface area contributed by atoms with Crippen LogP contribution in [0.5, 0.6) is 0 Å². The number of nitro groups is 1. The number of amides is 1. The van der Waals surface area contributed by atoms with Gasteiger partial charge < -0.3 is 15.0 Å². The minimum absolute atomic E-state index is 0.177. The number of nitrogens with zero attached hydrogens (tertiary/aromatic N) is 5. The summed E-state index contributed by atoms with van der Waals surface area (Å²) in [6, 6.07) is 5.93.